The Morgan fingerprint density at radius 2 is 2.10 bits per heavy atom. The van der Waals surface area contributed by atoms with Gasteiger partial charge in [-0.1, -0.05) is 18.2 Å². The fourth-order valence-corrected chi connectivity index (χ4v) is 3.37. The molecule has 3 nitrogen and oxygen atoms in total. The first-order chi connectivity index (χ1) is 9.63. The van der Waals surface area contributed by atoms with Crippen LogP contribution in [0.5, 0.6) is 0 Å². The molecule has 104 valence electrons. The molecule has 1 atom stereocenters. The Kier molecular flexibility index (Phi) is 3.59. The van der Waals surface area contributed by atoms with Gasteiger partial charge in [0.05, 0.1) is 17.2 Å². The molecule has 1 N–H and O–H groups in total. The summed E-state index contributed by atoms with van der Waals surface area (Å²) in [7, 11) is 0. The summed E-state index contributed by atoms with van der Waals surface area (Å²) in [4.78, 5) is 5.78. The predicted octanol–water partition coefficient (Wildman–Crippen LogP) is 4.36. The minimum atomic E-state index is 0.286. The monoisotopic (exact) mass is 286 g/mol. The Morgan fingerprint density at radius 3 is 2.80 bits per heavy atom. The van der Waals surface area contributed by atoms with E-state index >= 15 is 0 Å². The summed E-state index contributed by atoms with van der Waals surface area (Å²) in [5.74, 6) is 0.969. The number of hydrogen-bond acceptors (Lipinski definition) is 4. The van der Waals surface area contributed by atoms with Crippen LogP contribution in [0.4, 0.5) is 0 Å². The molecule has 3 rings (SSSR count). The Hall–Kier alpha value is -1.65. The highest BCUT2D eigenvalue weighted by molar-refractivity contribution is 7.11. The average Bonchev–Trinajstić information content (AvgIpc) is 2.98. The zero-order valence-corrected chi connectivity index (χ0v) is 12.8. The Bertz CT molecular complexity index is 696. The second-order valence-electron chi connectivity index (χ2n) is 5.04. The van der Waals surface area contributed by atoms with E-state index in [9.17, 15) is 0 Å². The van der Waals surface area contributed by atoms with Crippen LogP contribution < -0.4 is 5.32 Å². The second kappa shape index (κ2) is 5.38. The number of aromatic nitrogens is 1. The van der Waals surface area contributed by atoms with Crippen molar-refractivity contribution in [1.29, 1.82) is 0 Å². The van der Waals surface area contributed by atoms with E-state index in [-0.39, 0.29) is 6.04 Å². The van der Waals surface area contributed by atoms with Crippen molar-refractivity contribution in [1.82, 2.24) is 10.3 Å². The molecule has 2 heterocycles. The molecular weight excluding hydrogens is 268 g/mol. The first kappa shape index (κ1) is 13.3. The molecular formula is C16H18N2OS. The molecule has 2 aromatic heterocycles. The predicted molar refractivity (Wildman–Crippen MR) is 83.1 cm³/mol. The third-order valence-electron chi connectivity index (χ3n) is 3.39. The van der Waals surface area contributed by atoms with Crippen LogP contribution in [0.25, 0.3) is 11.0 Å². The molecule has 20 heavy (non-hydrogen) atoms. The minimum absolute atomic E-state index is 0.286. The quantitative estimate of drug-likeness (QED) is 0.774. The smallest absolute Gasteiger partial charge is 0.134 e. The lowest BCUT2D eigenvalue weighted by Crippen LogP contribution is -2.17. The first-order valence-corrected chi connectivity index (χ1v) is 7.60. The maximum Gasteiger partial charge on any atom is 0.134 e. The van der Waals surface area contributed by atoms with Gasteiger partial charge in [-0.05, 0) is 32.9 Å². The van der Waals surface area contributed by atoms with Crippen molar-refractivity contribution < 1.29 is 4.42 Å². The highest BCUT2D eigenvalue weighted by Gasteiger charge is 2.13. The third-order valence-corrected chi connectivity index (χ3v) is 4.65. The number of aryl methyl sites for hydroxylation is 2. The van der Waals surface area contributed by atoms with E-state index in [2.05, 4.69) is 36.3 Å². The number of nitrogens with zero attached hydrogens (tertiary/aromatic N) is 1. The molecule has 0 spiro atoms. The largest absolute Gasteiger partial charge is 0.460 e. The maximum atomic E-state index is 5.82. The zero-order valence-electron chi connectivity index (χ0n) is 11.9. The molecule has 0 amide bonds. The van der Waals surface area contributed by atoms with Crippen molar-refractivity contribution in [3.05, 3.63) is 51.7 Å². The van der Waals surface area contributed by atoms with Gasteiger partial charge in [0.25, 0.3) is 0 Å². The normalized spacial score (nSPS) is 12.9. The summed E-state index contributed by atoms with van der Waals surface area (Å²) >= 11 is 1.76. The number of rotatable bonds is 4. The summed E-state index contributed by atoms with van der Waals surface area (Å²) in [6.45, 7) is 7.01. The van der Waals surface area contributed by atoms with Gasteiger partial charge in [-0.3, -0.25) is 0 Å². The first-order valence-electron chi connectivity index (χ1n) is 6.78. The third kappa shape index (κ3) is 2.62. The Balaban J connectivity index is 1.71. The van der Waals surface area contributed by atoms with Crippen LogP contribution in [-0.2, 0) is 6.54 Å². The molecule has 1 unspecified atom stereocenters. The van der Waals surface area contributed by atoms with Crippen LogP contribution >= 0.6 is 11.3 Å². The number of furan rings is 1. The van der Waals surface area contributed by atoms with Crippen molar-refractivity contribution in [2.75, 3.05) is 0 Å². The number of para-hydroxylation sites is 1. The SMILES string of the molecule is Cc1nc(C)c(C(C)NCc2cc3ccccc3o2)s1. The van der Waals surface area contributed by atoms with Crippen LogP contribution in [-0.4, -0.2) is 4.98 Å². The van der Waals surface area contributed by atoms with Crippen LogP contribution in [0.1, 0.15) is 34.3 Å². The summed E-state index contributed by atoms with van der Waals surface area (Å²) < 4.78 is 5.82. The van der Waals surface area contributed by atoms with E-state index in [0.717, 1.165) is 34.0 Å². The number of benzene rings is 1. The van der Waals surface area contributed by atoms with Gasteiger partial charge in [0, 0.05) is 16.3 Å². The van der Waals surface area contributed by atoms with Crippen molar-refractivity contribution >= 4 is 22.3 Å². The molecule has 1 aromatic carbocycles. The standard InChI is InChI=1S/C16H18N2OS/c1-10(16-11(2)18-12(3)20-16)17-9-14-8-13-6-4-5-7-15(13)19-14/h4-8,10,17H,9H2,1-3H3. The lowest BCUT2D eigenvalue weighted by Gasteiger charge is -2.11. The van der Waals surface area contributed by atoms with Gasteiger partial charge in [0.15, 0.2) is 0 Å². The summed E-state index contributed by atoms with van der Waals surface area (Å²) in [5, 5.41) is 5.78. The number of nitrogens with one attached hydrogen (secondary N) is 1. The minimum Gasteiger partial charge on any atom is -0.460 e. The number of hydrogen-bond donors (Lipinski definition) is 1. The molecule has 0 saturated carbocycles. The van der Waals surface area contributed by atoms with E-state index < -0.39 is 0 Å². The van der Waals surface area contributed by atoms with Crippen LogP contribution in [0, 0.1) is 13.8 Å². The Morgan fingerprint density at radius 1 is 1.30 bits per heavy atom. The summed E-state index contributed by atoms with van der Waals surface area (Å²) in [6, 6.07) is 10.5. The highest BCUT2D eigenvalue weighted by atomic mass is 32.1. The van der Waals surface area contributed by atoms with Crippen LogP contribution in [0.3, 0.4) is 0 Å². The van der Waals surface area contributed by atoms with Crippen molar-refractivity contribution in [2.45, 2.75) is 33.4 Å². The number of fused-ring (bicyclic) bond motifs is 1. The molecule has 0 aliphatic rings. The molecule has 0 aliphatic carbocycles. The molecule has 0 fully saturated rings. The summed E-state index contributed by atoms with van der Waals surface area (Å²) in [5.41, 5.74) is 2.07. The average molecular weight is 286 g/mol. The van der Waals surface area contributed by atoms with E-state index in [1.165, 1.54) is 4.88 Å². The number of thiazole rings is 1. The molecule has 0 radical (unpaired) electrons. The maximum absolute atomic E-state index is 5.82. The van der Waals surface area contributed by atoms with Crippen molar-refractivity contribution in [3.8, 4) is 0 Å². The summed E-state index contributed by atoms with van der Waals surface area (Å²) in [6.07, 6.45) is 0. The van der Waals surface area contributed by atoms with E-state index in [0.29, 0.717) is 0 Å². The van der Waals surface area contributed by atoms with Gasteiger partial charge >= 0.3 is 0 Å². The van der Waals surface area contributed by atoms with E-state index in [1.807, 2.05) is 25.1 Å². The fraction of sp³-hybridized carbons (Fsp3) is 0.312. The van der Waals surface area contributed by atoms with Crippen LogP contribution in [0.2, 0.25) is 0 Å². The topological polar surface area (TPSA) is 38.1 Å². The Labute approximate surface area is 122 Å². The van der Waals surface area contributed by atoms with Gasteiger partial charge < -0.3 is 9.73 Å². The molecule has 0 saturated heterocycles. The molecule has 0 bridgehead atoms. The van der Waals surface area contributed by atoms with E-state index in [4.69, 9.17) is 4.42 Å². The molecule has 4 heteroatoms. The van der Waals surface area contributed by atoms with Gasteiger partial charge in [-0.2, -0.15) is 0 Å². The van der Waals surface area contributed by atoms with Gasteiger partial charge in [-0.25, -0.2) is 4.98 Å². The second-order valence-corrected chi connectivity index (χ2v) is 6.27. The van der Waals surface area contributed by atoms with Gasteiger partial charge in [0.1, 0.15) is 11.3 Å². The van der Waals surface area contributed by atoms with Crippen molar-refractivity contribution in [2.24, 2.45) is 0 Å². The zero-order chi connectivity index (χ0) is 14.1. The lowest BCUT2D eigenvalue weighted by molar-refractivity contribution is 0.484. The fourth-order valence-electron chi connectivity index (χ4n) is 2.42. The lowest BCUT2D eigenvalue weighted by atomic mass is 10.2. The highest BCUT2D eigenvalue weighted by Crippen LogP contribution is 2.25. The molecule has 3 aromatic rings. The van der Waals surface area contributed by atoms with Crippen molar-refractivity contribution in [3.63, 3.8) is 0 Å². The van der Waals surface area contributed by atoms with E-state index in [1.54, 1.807) is 11.3 Å². The van der Waals surface area contributed by atoms with Gasteiger partial charge in [0.2, 0.25) is 0 Å². The molecule has 0 aliphatic heterocycles. The van der Waals surface area contributed by atoms with Gasteiger partial charge in [-0.15, -0.1) is 11.3 Å². The van der Waals surface area contributed by atoms with Crippen LogP contribution in [0.15, 0.2) is 34.7 Å².